The summed E-state index contributed by atoms with van der Waals surface area (Å²) in [6, 6.07) is 23.7. The van der Waals surface area contributed by atoms with Crippen molar-refractivity contribution in [2.75, 3.05) is 0 Å². The molecule has 0 atom stereocenters. The lowest BCUT2D eigenvalue weighted by atomic mass is 9.90. The number of fused-ring (bicyclic) bond motifs is 2. The quantitative estimate of drug-likeness (QED) is 0.544. The molecule has 4 aromatic carbocycles. The first-order valence-corrected chi connectivity index (χ1v) is 7.94. The van der Waals surface area contributed by atoms with Gasteiger partial charge in [-0.3, -0.25) is 4.79 Å². The maximum atomic E-state index is 13.3. The molecule has 0 aliphatic heterocycles. The predicted octanol–water partition coefficient (Wildman–Crippen LogP) is 4.92. The fraction of sp³-hybridized carbons (Fsp3) is 0. The Hall–Kier alpha value is -3.46. The number of carbonyl (C=O) groups is 2. The molecule has 0 heterocycles. The van der Waals surface area contributed by atoms with Gasteiger partial charge in [0, 0.05) is 11.1 Å². The van der Waals surface area contributed by atoms with Crippen molar-refractivity contribution in [3.63, 3.8) is 0 Å². The second kappa shape index (κ2) is 5.87. The van der Waals surface area contributed by atoms with Gasteiger partial charge < -0.3 is 5.11 Å². The van der Waals surface area contributed by atoms with Crippen molar-refractivity contribution in [1.82, 2.24) is 0 Å². The minimum atomic E-state index is -1.10. The molecule has 4 aromatic rings. The summed E-state index contributed by atoms with van der Waals surface area (Å²) in [5.41, 5.74) is 0.774. The van der Waals surface area contributed by atoms with Gasteiger partial charge in [-0.25, -0.2) is 4.79 Å². The van der Waals surface area contributed by atoms with E-state index >= 15 is 0 Å². The zero-order chi connectivity index (χ0) is 17.4. The summed E-state index contributed by atoms with van der Waals surface area (Å²) in [4.78, 5) is 25.0. The third kappa shape index (κ3) is 2.46. The van der Waals surface area contributed by atoms with E-state index in [1.165, 1.54) is 6.07 Å². The maximum Gasteiger partial charge on any atom is 0.336 e. The van der Waals surface area contributed by atoms with E-state index in [1.54, 1.807) is 18.2 Å². The molecule has 0 bridgehead atoms. The molecule has 0 aliphatic rings. The van der Waals surface area contributed by atoms with Crippen LogP contribution in [0, 0.1) is 0 Å². The second-order valence-corrected chi connectivity index (χ2v) is 5.87. The molecule has 0 aliphatic carbocycles. The van der Waals surface area contributed by atoms with Crippen molar-refractivity contribution in [3.05, 3.63) is 95.6 Å². The van der Waals surface area contributed by atoms with E-state index in [0.717, 1.165) is 16.2 Å². The van der Waals surface area contributed by atoms with Gasteiger partial charge in [-0.05, 0) is 27.6 Å². The predicted molar refractivity (Wildman–Crippen MR) is 98.3 cm³/mol. The van der Waals surface area contributed by atoms with Crippen molar-refractivity contribution in [3.8, 4) is 0 Å². The van der Waals surface area contributed by atoms with Crippen molar-refractivity contribution < 1.29 is 14.7 Å². The van der Waals surface area contributed by atoms with Crippen LogP contribution in [0.15, 0.2) is 78.9 Å². The monoisotopic (exact) mass is 326 g/mol. The van der Waals surface area contributed by atoms with Gasteiger partial charge in [0.25, 0.3) is 0 Å². The average molecular weight is 326 g/mol. The number of ketones is 1. The number of hydrogen-bond donors (Lipinski definition) is 1. The molecule has 4 rings (SSSR count). The number of rotatable bonds is 3. The number of hydrogen-bond acceptors (Lipinski definition) is 2. The zero-order valence-corrected chi connectivity index (χ0v) is 13.3. The Morgan fingerprint density at radius 1 is 0.600 bits per heavy atom. The number of benzene rings is 4. The largest absolute Gasteiger partial charge is 0.478 e. The van der Waals surface area contributed by atoms with Gasteiger partial charge in [0.1, 0.15) is 0 Å². The highest BCUT2D eigenvalue weighted by atomic mass is 16.4. The van der Waals surface area contributed by atoms with Crippen LogP contribution in [0.5, 0.6) is 0 Å². The summed E-state index contributed by atoms with van der Waals surface area (Å²) < 4.78 is 0. The molecule has 120 valence electrons. The van der Waals surface area contributed by atoms with Crippen molar-refractivity contribution in [2.24, 2.45) is 0 Å². The molecule has 0 unspecified atom stereocenters. The van der Waals surface area contributed by atoms with Crippen LogP contribution in [-0.2, 0) is 0 Å². The van der Waals surface area contributed by atoms with Crippen LogP contribution >= 0.6 is 0 Å². The van der Waals surface area contributed by atoms with Crippen molar-refractivity contribution >= 4 is 33.3 Å². The van der Waals surface area contributed by atoms with Crippen LogP contribution < -0.4 is 0 Å². The van der Waals surface area contributed by atoms with Crippen LogP contribution in [0.3, 0.4) is 0 Å². The number of carbonyl (C=O) groups excluding carboxylic acids is 1. The molecular weight excluding hydrogens is 312 g/mol. The Kier molecular flexibility index (Phi) is 3.55. The molecule has 0 saturated heterocycles. The molecular formula is C22H14O3. The van der Waals surface area contributed by atoms with Crippen molar-refractivity contribution in [1.29, 1.82) is 0 Å². The van der Waals surface area contributed by atoms with Gasteiger partial charge in [-0.2, -0.15) is 0 Å². The highest BCUT2D eigenvalue weighted by Crippen LogP contribution is 2.28. The van der Waals surface area contributed by atoms with E-state index in [-0.39, 0.29) is 16.9 Å². The smallest absolute Gasteiger partial charge is 0.336 e. The molecule has 1 N–H and O–H groups in total. The molecule has 0 amide bonds. The summed E-state index contributed by atoms with van der Waals surface area (Å²) in [7, 11) is 0. The topological polar surface area (TPSA) is 54.4 Å². The molecule has 0 radical (unpaired) electrons. The van der Waals surface area contributed by atoms with Gasteiger partial charge in [0.15, 0.2) is 5.78 Å². The molecule has 0 fully saturated rings. The van der Waals surface area contributed by atoms with E-state index in [4.69, 9.17) is 0 Å². The van der Waals surface area contributed by atoms with Crippen LogP contribution in [-0.4, -0.2) is 16.9 Å². The average Bonchev–Trinajstić information content (AvgIpc) is 2.66. The van der Waals surface area contributed by atoms with Gasteiger partial charge in [-0.1, -0.05) is 72.8 Å². The Bertz CT molecular complexity index is 1140. The standard InChI is InChI=1S/C22H14O3/c23-21(18-11-5-8-14-6-1-3-9-16(14)18)20-17-10-4-2-7-15(17)12-13-19(20)22(24)25/h1-13H,(H,24,25). The highest BCUT2D eigenvalue weighted by Gasteiger charge is 2.22. The molecule has 0 aromatic heterocycles. The van der Waals surface area contributed by atoms with Crippen molar-refractivity contribution in [2.45, 2.75) is 0 Å². The Balaban J connectivity index is 2.05. The van der Waals surface area contributed by atoms with E-state index in [9.17, 15) is 14.7 Å². The van der Waals surface area contributed by atoms with Crippen LogP contribution in [0.2, 0.25) is 0 Å². The van der Waals surface area contributed by atoms with Gasteiger partial charge in [-0.15, -0.1) is 0 Å². The van der Waals surface area contributed by atoms with E-state index < -0.39 is 5.97 Å². The highest BCUT2D eigenvalue weighted by molar-refractivity contribution is 6.24. The summed E-state index contributed by atoms with van der Waals surface area (Å²) in [5, 5.41) is 12.8. The summed E-state index contributed by atoms with van der Waals surface area (Å²) in [6.45, 7) is 0. The van der Waals surface area contributed by atoms with Gasteiger partial charge >= 0.3 is 5.97 Å². The lowest BCUT2D eigenvalue weighted by molar-refractivity contribution is 0.0693. The lowest BCUT2D eigenvalue weighted by Crippen LogP contribution is -2.11. The molecule has 25 heavy (non-hydrogen) atoms. The number of carboxylic acid groups (broad SMARTS) is 1. The van der Waals surface area contributed by atoms with E-state index in [0.29, 0.717) is 10.9 Å². The van der Waals surface area contributed by atoms with E-state index in [1.807, 2.05) is 54.6 Å². The third-order valence-corrected chi connectivity index (χ3v) is 4.42. The normalized spacial score (nSPS) is 10.9. The van der Waals surface area contributed by atoms with Crippen LogP contribution in [0.25, 0.3) is 21.5 Å². The summed E-state index contributed by atoms with van der Waals surface area (Å²) in [6.07, 6.45) is 0. The van der Waals surface area contributed by atoms with Gasteiger partial charge in [0.05, 0.1) is 5.56 Å². The molecule has 0 saturated carbocycles. The molecule has 3 nitrogen and oxygen atoms in total. The Morgan fingerprint density at radius 3 is 1.92 bits per heavy atom. The Morgan fingerprint density at radius 2 is 1.20 bits per heavy atom. The zero-order valence-electron chi connectivity index (χ0n) is 13.3. The van der Waals surface area contributed by atoms with Crippen LogP contribution in [0.4, 0.5) is 0 Å². The van der Waals surface area contributed by atoms with E-state index in [2.05, 4.69) is 0 Å². The molecule has 3 heteroatoms. The number of carboxylic acids is 1. The number of aromatic carboxylic acids is 1. The maximum absolute atomic E-state index is 13.3. The second-order valence-electron chi connectivity index (χ2n) is 5.87. The molecule has 0 spiro atoms. The minimum Gasteiger partial charge on any atom is -0.478 e. The van der Waals surface area contributed by atoms with Crippen LogP contribution in [0.1, 0.15) is 26.3 Å². The first-order chi connectivity index (χ1) is 12.2. The first-order valence-electron chi connectivity index (χ1n) is 7.94. The lowest BCUT2D eigenvalue weighted by Gasteiger charge is -2.11. The first kappa shape index (κ1) is 15.1. The minimum absolute atomic E-state index is 0.0247. The summed E-state index contributed by atoms with van der Waals surface area (Å²) >= 11 is 0. The summed E-state index contributed by atoms with van der Waals surface area (Å²) in [5.74, 6) is -1.37. The fourth-order valence-corrected chi connectivity index (χ4v) is 3.25. The third-order valence-electron chi connectivity index (χ3n) is 4.42. The van der Waals surface area contributed by atoms with Gasteiger partial charge in [0.2, 0.25) is 0 Å². The Labute approximate surface area is 144 Å². The fourth-order valence-electron chi connectivity index (χ4n) is 3.25. The SMILES string of the molecule is O=C(O)c1ccc2ccccc2c1C(=O)c1cccc2ccccc12.